The first-order chi connectivity index (χ1) is 5.06. The molecule has 1 atom stereocenters. The normalized spacial score (nSPS) is 25.0. The summed E-state index contributed by atoms with van der Waals surface area (Å²) in [6.07, 6.45) is 0. The summed E-state index contributed by atoms with van der Waals surface area (Å²) in [5.41, 5.74) is 5.56. The number of hydrogen-bond donors (Lipinski definition) is 1. The van der Waals surface area contributed by atoms with Crippen molar-refractivity contribution in [1.82, 2.24) is 0 Å². The van der Waals surface area contributed by atoms with Gasteiger partial charge in [-0.1, -0.05) is 0 Å². The van der Waals surface area contributed by atoms with Crippen LogP contribution in [0.15, 0.2) is 0 Å². The van der Waals surface area contributed by atoms with Crippen molar-refractivity contribution in [2.75, 3.05) is 13.2 Å². The van der Waals surface area contributed by atoms with Gasteiger partial charge in [-0.05, 0) is 13.8 Å². The van der Waals surface area contributed by atoms with Gasteiger partial charge in [0.05, 0.1) is 13.2 Å². The Balaban J connectivity index is 2.63. The number of ether oxygens (including phenoxy) is 2. The molecule has 0 radical (unpaired) electrons. The van der Waals surface area contributed by atoms with Crippen molar-refractivity contribution < 1.29 is 14.3 Å². The second-order valence-electron chi connectivity index (χ2n) is 2.80. The van der Waals surface area contributed by atoms with Crippen LogP contribution in [0.4, 0.5) is 0 Å². The number of Topliss-reactive ketones (excluding diaryl/α,β-unsaturated/α-hetero) is 1. The number of rotatable bonds is 2. The Bertz CT molecular complexity index is 163. The van der Waals surface area contributed by atoms with Crippen LogP contribution in [-0.2, 0) is 14.3 Å². The third-order valence-electron chi connectivity index (χ3n) is 1.86. The summed E-state index contributed by atoms with van der Waals surface area (Å²) >= 11 is 0. The molecule has 0 bridgehead atoms. The lowest BCUT2D eigenvalue weighted by atomic mass is 10.1. The zero-order chi connectivity index (χ0) is 8.48. The van der Waals surface area contributed by atoms with Crippen LogP contribution >= 0.6 is 0 Å². The Kier molecular flexibility index (Phi) is 2.27. The van der Waals surface area contributed by atoms with E-state index < -0.39 is 11.8 Å². The van der Waals surface area contributed by atoms with Gasteiger partial charge in [0.15, 0.2) is 11.6 Å². The molecule has 0 spiro atoms. The number of carbonyl (C=O) groups excluding carboxylic acids is 1. The minimum absolute atomic E-state index is 0.116. The summed E-state index contributed by atoms with van der Waals surface area (Å²) < 4.78 is 10.4. The first-order valence-corrected chi connectivity index (χ1v) is 3.60. The van der Waals surface area contributed by atoms with Crippen molar-refractivity contribution in [1.29, 1.82) is 0 Å². The fraction of sp³-hybridized carbons (Fsp3) is 0.857. The van der Waals surface area contributed by atoms with Crippen LogP contribution in [0.25, 0.3) is 0 Å². The monoisotopic (exact) mass is 159 g/mol. The van der Waals surface area contributed by atoms with Gasteiger partial charge in [-0.15, -0.1) is 0 Å². The van der Waals surface area contributed by atoms with Crippen molar-refractivity contribution in [2.45, 2.75) is 25.7 Å². The first kappa shape index (κ1) is 8.64. The molecular weight excluding hydrogens is 146 g/mol. The van der Waals surface area contributed by atoms with E-state index in [1.165, 1.54) is 6.92 Å². The van der Waals surface area contributed by atoms with Crippen molar-refractivity contribution in [2.24, 2.45) is 5.73 Å². The molecule has 11 heavy (non-hydrogen) atoms. The van der Waals surface area contributed by atoms with Crippen molar-refractivity contribution in [3.8, 4) is 0 Å². The lowest BCUT2D eigenvalue weighted by molar-refractivity contribution is -0.166. The molecule has 4 nitrogen and oxygen atoms in total. The summed E-state index contributed by atoms with van der Waals surface area (Å²) in [5.74, 6) is -1.01. The standard InChI is InChI=1S/C7H13NO3/c1-5(9)6(8)7(2)10-3-4-11-7/h6H,3-4,8H2,1-2H3. The highest BCUT2D eigenvalue weighted by atomic mass is 16.7. The van der Waals surface area contributed by atoms with Crippen molar-refractivity contribution in [3.63, 3.8) is 0 Å². The maximum atomic E-state index is 10.9. The molecule has 0 amide bonds. The summed E-state index contributed by atoms with van der Waals surface area (Å²) in [6, 6.07) is -0.676. The fourth-order valence-corrected chi connectivity index (χ4v) is 1.08. The quantitative estimate of drug-likeness (QED) is 0.599. The van der Waals surface area contributed by atoms with E-state index in [0.717, 1.165) is 0 Å². The average molecular weight is 159 g/mol. The Morgan fingerprint density at radius 1 is 1.55 bits per heavy atom. The third kappa shape index (κ3) is 1.58. The Morgan fingerprint density at radius 2 is 2.00 bits per heavy atom. The molecule has 2 N–H and O–H groups in total. The minimum atomic E-state index is -0.897. The predicted octanol–water partition coefficient (Wildman–Crippen LogP) is -0.334. The van der Waals surface area contributed by atoms with Gasteiger partial charge in [-0.25, -0.2) is 0 Å². The molecule has 1 rings (SSSR count). The number of nitrogens with two attached hydrogens (primary N) is 1. The minimum Gasteiger partial charge on any atom is -0.346 e. The van der Waals surface area contributed by atoms with Crippen LogP contribution in [0.5, 0.6) is 0 Å². The molecule has 0 aromatic carbocycles. The molecule has 4 heteroatoms. The summed E-state index contributed by atoms with van der Waals surface area (Å²) in [4.78, 5) is 10.9. The number of carbonyl (C=O) groups is 1. The molecule has 1 unspecified atom stereocenters. The van der Waals surface area contributed by atoms with E-state index in [9.17, 15) is 4.79 Å². The first-order valence-electron chi connectivity index (χ1n) is 3.60. The molecule has 1 fully saturated rings. The predicted molar refractivity (Wildman–Crippen MR) is 39.0 cm³/mol. The zero-order valence-corrected chi connectivity index (χ0v) is 6.79. The van der Waals surface area contributed by atoms with Crippen LogP contribution in [0.3, 0.4) is 0 Å². The molecule has 64 valence electrons. The summed E-state index contributed by atoms with van der Waals surface area (Å²) in [5, 5.41) is 0. The van der Waals surface area contributed by atoms with Gasteiger partial charge >= 0.3 is 0 Å². The molecule has 0 aliphatic carbocycles. The maximum Gasteiger partial charge on any atom is 0.187 e. The smallest absolute Gasteiger partial charge is 0.187 e. The molecule has 1 aliphatic rings. The van der Waals surface area contributed by atoms with E-state index in [-0.39, 0.29) is 5.78 Å². The van der Waals surface area contributed by atoms with Gasteiger partial charge in [-0.3, -0.25) is 4.79 Å². The van der Waals surface area contributed by atoms with Crippen molar-refractivity contribution in [3.05, 3.63) is 0 Å². The summed E-state index contributed by atoms with van der Waals surface area (Å²) in [6.45, 7) is 4.14. The van der Waals surface area contributed by atoms with E-state index in [0.29, 0.717) is 13.2 Å². The van der Waals surface area contributed by atoms with Crippen molar-refractivity contribution >= 4 is 5.78 Å². The van der Waals surface area contributed by atoms with E-state index in [1.807, 2.05) is 0 Å². The molecule has 1 heterocycles. The lowest BCUT2D eigenvalue weighted by Crippen LogP contribution is -2.50. The molecular formula is C7H13NO3. The summed E-state index contributed by atoms with van der Waals surface area (Å²) in [7, 11) is 0. The highest BCUT2D eigenvalue weighted by Crippen LogP contribution is 2.21. The van der Waals surface area contributed by atoms with Crippen LogP contribution in [0.1, 0.15) is 13.8 Å². The molecule has 1 aliphatic heterocycles. The topological polar surface area (TPSA) is 61.6 Å². The SMILES string of the molecule is CC(=O)C(N)C1(C)OCCO1. The number of ketones is 1. The zero-order valence-electron chi connectivity index (χ0n) is 6.79. The van der Waals surface area contributed by atoms with Gasteiger partial charge in [0.25, 0.3) is 0 Å². The van der Waals surface area contributed by atoms with Gasteiger partial charge in [-0.2, -0.15) is 0 Å². The molecule has 0 aromatic heterocycles. The number of hydrogen-bond acceptors (Lipinski definition) is 4. The Morgan fingerprint density at radius 3 is 2.36 bits per heavy atom. The largest absolute Gasteiger partial charge is 0.346 e. The van der Waals surface area contributed by atoms with Gasteiger partial charge in [0.2, 0.25) is 0 Å². The van der Waals surface area contributed by atoms with E-state index >= 15 is 0 Å². The van der Waals surface area contributed by atoms with Crippen LogP contribution in [0.2, 0.25) is 0 Å². The van der Waals surface area contributed by atoms with E-state index in [1.54, 1.807) is 6.92 Å². The molecule has 1 saturated heterocycles. The lowest BCUT2D eigenvalue weighted by Gasteiger charge is -2.26. The van der Waals surface area contributed by atoms with Crippen LogP contribution in [-0.4, -0.2) is 30.8 Å². The van der Waals surface area contributed by atoms with Gasteiger partial charge in [0, 0.05) is 0 Å². The highest BCUT2D eigenvalue weighted by molar-refractivity contribution is 5.82. The second-order valence-corrected chi connectivity index (χ2v) is 2.80. The Hall–Kier alpha value is -0.450. The molecule has 0 saturated carbocycles. The Labute approximate surface area is 65.7 Å². The van der Waals surface area contributed by atoms with E-state index in [2.05, 4.69) is 0 Å². The van der Waals surface area contributed by atoms with Crippen LogP contribution in [0, 0.1) is 0 Å². The second kappa shape index (κ2) is 2.89. The van der Waals surface area contributed by atoms with E-state index in [4.69, 9.17) is 15.2 Å². The fourth-order valence-electron chi connectivity index (χ4n) is 1.08. The average Bonchev–Trinajstić information content (AvgIpc) is 2.35. The van der Waals surface area contributed by atoms with Crippen LogP contribution < -0.4 is 5.73 Å². The van der Waals surface area contributed by atoms with Gasteiger partial charge < -0.3 is 15.2 Å². The third-order valence-corrected chi connectivity index (χ3v) is 1.86. The molecule has 0 aromatic rings. The highest BCUT2D eigenvalue weighted by Gasteiger charge is 2.40. The van der Waals surface area contributed by atoms with Gasteiger partial charge in [0.1, 0.15) is 6.04 Å². The maximum absolute atomic E-state index is 10.9.